The molecule has 0 bridgehead atoms. The Morgan fingerprint density at radius 3 is 2.83 bits per heavy atom. The molecule has 1 spiro atoms. The van der Waals surface area contributed by atoms with Crippen LogP contribution in [-0.4, -0.2) is 59.9 Å². The maximum atomic E-state index is 13.7. The molecule has 0 radical (unpaired) electrons. The van der Waals surface area contributed by atoms with Gasteiger partial charge in [-0.05, 0) is 66.3 Å². The highest BCUT2D eigenvalue weighted by Gasteiger charge is 2.56. The number of fused-ring (bicyclic) bond motifs is 3. The number of imide groups is 1. The van der Waals surface area contributed by atoms with Crippen molar-refractivity contribution in [3.63, 3.8) is 0 Å². The largest absolute Gasteiger partial charge is 0.482 e. The lowest BCUT2D eigenvalue weighted by Gasteiger charge is -2.30. The van der Waals surface area contributed by atoms with Crippen molar-refractivity contribution in [2.24, 2.45) is 5.92 Å². The van der Waals surface area contributed by atoms with Gasteiger partial charge in [0.25, 0.3) is 5.91 Å². The number of urea groups is 2. The number of amides is 6. The molecular weight excluding hydrogens is 482 g/mol. The van der Waals surface area contributed by atoms with Crippen LogP contribution in [0.25, 0.3) is 0 Å². The highest BCUT2D eigenvalue weighted by atomic mass is 32.1. The molecule has 3 heterocycles. The fraction of sp³-hybridized carbons (Fsp3) is 0.440. The number of hydrogen-bond acceptors (Lipinski definition) is 6. The van der Waals surface area contributed by atoms with Crippen molar-refractivity contribution in [1.82, 2.24) is 20.4 Å². The predicted octanol–water partition coefficient (Wildman–Crippen LogP) is 2.39. The highest BCUT2D eigenvalue weighted by Crippen LogP contribution is 2.43. The Morgan fingerprint density at radius 2 is 2.06 bits per heavy atom. The van der Waals surface area contributed by atoms with E-state index in [1.54, 1.807) is 17.0 Å². The van der Waals surface area contributed by atoms with E-state index in [1.807, 2.05) is 17.5 Å². The summed E-state index contributed by atoms with van der Waals surface area (Å²) in [6.07, 6.45) is 3.07. The van der Waals surface area contributed by atoms with Gasteiger partial charge in [0.2, 0.25) is 5.91 Å². The molecule has 10 nitrogen and oxygen atoms in total. The molecule has 2 aliphatic carbocycles. The quantitative estimate of drug-likeness (QED) is 0.547. The Kier molecular flexibility index (Phi) is 5.40. The molecule has 3 N–H and O–H groups in total. The van der Waals surface area contributed by atoms with Crippen molar-refractivity contribution in [2.75, 3.05) is 25.5 Å². The average Bonchev–Trinajstić information content (AvgIpc) is 3.50. The zero-order valence-electron chi connectivity index (χ0n) is 19.8. The van der Waals surface area contributed by atoms with Crippen LogP contribution in [0.3, 0.4) is 0 Å². The lowest BCUT2D eigenvalue weighted by atomic mass is 9.91. The molecule has 1 aromatic carbocycles. The minimum absolute atomic E-state index is 0.0646. The smallest absolute Gasteiger partial charge is 0.325 e. The summed E-state index contributed by atoms with van der Waals surface area (Å²) in [5, 5.41) is 10.9. The molecule has 6 amide bonds. The van der Waals surface area contributed by atoms with Gasteiger partial charge in [0.15, 0.2) is 5.06 Å². The summed E-state index contributed by atoms with van der Waals surface area (Å²) in [5.74, 6) is -0.271. The summed E-state index contributed by atoms with van der Waals surface area (Å²) < 4.78 is 5.99. The van der Waals surface area contributed by atoms with Gasteiger partial charge in [-0.1, -0.05) is 6.07 Å². The van der Waals surface area contributed by atoms with E-state index in [-0.39, 0.29) is 24.5 Å². The molecule has 1 aromatic heterocycles. The van der Waals surface area contributed by atoms with E-state index in [4.69, 9.17) is 4.74 Å². The fourth-order valence-electron chi connectivity index (χ4n) is 5.56. The zero-order valence-corrected chi connectivity index (χ0v) is 20.7. The van der Waals surface area contributed by atoms with E-state index in [2.05, 4.69) is 16.0 Å². The van der Waals surface area contributed by atoms with Crippen LogP contribution in [-0.2, 0) is 28.1 Å². The van der Waals surface area contributed by atoms with E-state index in [0.717, 1.165) is 33.9 Å². The molecule has 0 unspecified atom stereocenters. The number of anilines is 1. The van der Waals surface area contributed by atoms with E-state index >= 15 is 0 Å². The van der Waals surface area contributed by atoms with Gasteiger partial charge < -0.3 is 25.6 Å². The van der Waals surface area contributed by atoms with Gasteiger partial charge in [0, 0.05) is 18.3 Å². The second-order valence-electron chi connectivity index (χ2n) is 9.77. The molecule has 1 saturated heterocycles. The zero-order chi connectivity index (χ0) is 25.0. The van der Waals surface area contributed by atoms with Gasteiger partial charge in [-0.25, -0.2) is 9.59 Å². The second kappa shape index (κ2) is 8.51. The minimum Gasteiger partial charge on any atom is -0.482 e. The van der Waals surface area contributed by atoms with Gasteiger partial charge in [0.1, 0.15) is 18.7 Å². The van der Waals surface area contributed by atoms with Gasteiger partial charge >= 0.3 is 12.1 Å². The van der Waals surface area contributed by atoms with Crippen LogP contribution in [0.1, 0.15) is 36.0 Å². The molecule has 188 valence electrons. The number of carbonyl (C=O) groups excluding carboxylic acids is 4. The van der Waals surface area contributed by atoms with Gasteiger partial charge in [-0.2, -0.15) is 0 Å². The van der Waals surface area contributed by atoms with Gasteiger partial charge in [-0.3, -0.25) is 14.5 Å². The van der Waals surface area contributed by atoms with Crippen LogP contribution in [0.5, 0.6) is 5.06 Å². The fourth-order valence-corrected chi connectivity index (χ4v) is 6.33. The van der Waals surface area contributed by atoms with Gasteiger partial charge in [-0.15, -0.1) is 11.3 Å². The topological polar surface area (TPSA) is 120 Å². The van der Waals surface area contributed by atoms with E-state index in [9.17, 15) is 19.2 Å². The number of aryl methyl sites for hydroxylation is 1. The van der Waals surface area contributed by atoms with Crippen molar-refractivity contribution in [3.8, 4) is 5.06 Å². The van der Waals surface area contributed by atoms with Crippen molar-refractivity contribution >= 4 is 40.9 Å². The standard InChI is InChI=1S/C25H27N5O5S/c1-26-23(33)27-17-4-5-18-15(10-17)6-8-25(18)22(32)30(24(34)28-25)12-20(31)29-11-16-7-9-36-21(16)35-13-19(29)14-2-3-14/h4-5,7,9-10,14,19H,2-3,6,8,11-13H2,1H3,(H,28,34)(H2,26,27,33)/t19-,25-/m0/s1. The molecule has 2 fully saturated rings. The summed E-state index contributed by atoms with van der Waals surface area (Å²) in [7, 11) is 1.53. The highest BCUT2D eigenvalue weighted by molar-refractivity contribution is 7.12. The van der Waals surface area contributed by atoms with Crippen molar-refractivity contribution in [1.29, 1.82) is 0 Å². The molecule has 2 atom stereocenters. The summed E-state index contributed by atoms with van der Waals surface area (Å²) in [6.45, 7) is 0.534. The number of rotatable bonds is 4. The van der Waals surface area contributed by atoms with Crippen LogP contribution in [0.2, 0.25) is 0 Å². The number of hydrogen-bond donors (Lipinski definition) is 3. The lowest BCUT2D eigenvalue weighted by Crippen LogP contribution is -2.49. The molecule has 2 aromatic rings. The van der Waals surface area contributed by atoms with Gasteiger partial charge in [0.05, 0.1) is 12.6 Å². The van der Waals surface area contributed by atoms with E-state index in [0.29, 0.717) is 43.2 Å². The third kappa shape index (κ3) is 3.69. The Labute approximate surface area is 212 Å². The first-order valence-electron chi connectivity index (χ1n) is 12.1. The number of nitrogens with zero attached hydrogens (tertiary/aromatic N) is 2. The first kappa shape index (κ1) is 22.8. The number of ether oxygens (including phenoxy) is 1. The van der Waals surface area contributed by atoms with E-state index in [1.165, 1.54) is 18.4 Å². The molecule has 4 aliphatic rings. The van der Waals surface area contributed by atoms with Crippen LogP contribution in [0.4, 0.5) is 15.3 Å². The van der Waals surface area contributed by atoms with E-state index < -0.39 is 17.5 Å². The Balaban J connectivity index is 1.22. The first-order valence-corrected chi connectivity index (χ1v) is 13.0. The third-order valence-corrected chi connectivity index (χ3v) is 8.47. The SMILES string of the molecule is CNC(=O)Nc1ccc2c(c1)CC[C@]21NC(=O)N(CC(=O)N2Cc3ccsc3OC[C@H]2C2CC2)C1=O. The van der Waals surface area contributed by atoms with Crippen molar-refractivity contribution in [3.05, 3.63) is 46.3 Å². The van der Waals surface area contributed by atoms with Crippen LogP contribution in [0.15, 0.2) is 29.6 Å². The molecular formula is C25H27N5O5S. The molecule has 11 heteroatoms. The summed E-state index contributed by atoms with van der Waals surface area (Å²) >= 11 is 1.52. The number of carbonyl (C=O) groups is 4. The first-order chi connectivity index (χ1) is 17.4. The van der Waals surface area contributed by atoms with Crippen molar-refractivity contribution < 1.29 is 23.9 Å². The normalized spacial score (nSPS) is 24.6. The third-order valence-electron chi connectivity index (χ3n) is 7.61. The Bertz CT molecular complexity index is 1270. The lowest BCUT2D eigenvalue weighted by molar-refractivity contribution is -0.141. The average molecular weight is 510 g/mol. The summed E-state index contributed by atoms with van der Waals surface area (Å²) in [6, 6.07) is 6.30. The number of nitrogens with one attached hydrogen (secondary N) is 3. The molecule has 36 heavy (non-hydrogen) atoms. The maximum Gasteiger partial charge on any atom is 0.325 e. The Hall–Kier alpha value is -3.60. The number of benzene rings is 1. The monoisotopic (exact) mass is 509 g/mol. The van der Waals surface area contributed by atoms with Crippen LogP contribution < -0.4 is 20.7 Å². The Morgan fingerprint density at radius 1 is 1.22 bits per heavy atom. The molecule has 6 rings (SSSR count). The minimum atomic E-state index is -1.18. The molecule has 1 saturated carbocycles. The van der Waals surface area contributed by atoms with Crippen LogP contribution >= 0.6 is 11.3 Å². The predicted molar refractivity (Wildman–Crippen MR) is 132 cm³/mol. The number of thiophene rings is 1. The van der Waals surface area contributed by atoms with Crippen LogP contribution in [0, 0.1) is 5.92 Å². The summed E-state index contributed by atoms with van der Waals surface area (Å²) in [5.41, 5.74) is 1.97. The summed E-state index contributed by atoms with van der Waals surface area (Å²) in [4.78, 5) is 54.7. The van der Waals surface area contributed by atoms with Crippen molar-refractivity contribution in [2.45, 2.75) is 43.8 Å². The maximum absolute atomic E-state index is 13.7. The second-order valence-corrected chi connectivity index (χ2v) is 10.7. The molecule has 2 aliphatic heterocycles.